The third kappa shape index (κ3) is 4.64. The van der Waals surface area contributed by atoms with E-state index < -0.39 is 11.7 Å². The molecule has 7 nitrogen and oxygen atoms in total. The van der Waals surface area contributed by atoms with Crippen LogP contribution in [0.2, 0.25) is 0 Å². The van der Waals surface area contributed by atoms with Crippen LogP contribution in [0.15, 0.2) is 42.9 Å². The number of anilines is 1. The lowest BCUT2D eigenvalue weighted by Gasteiger charge is -2.42. The van der Waals surface area contributed by atoms with Gasteiger partial charge in [0.25, 0.3) is 0 Å². The van der Waals surface area contributed by atoms with Gasteiger partial charge in [-0.25, -0.2) is 9.50 Å². The van der Waals surface area contributed by atoms with Gasteiger partial charge in [0.1, 0.15) is 0 Å². The average Bonchev–Trinajstić information content (AvgIpc) is 3.31. The number of aryl methyl sites for hydroxylation is 1. The van der Waals surface area contributed by atoms with E-state index in [2.05, 4.69) is 31.8 Å². The van der Waals surface area contributed by atoms with E-state index in [4.69, 9.17) is 4.98 Å². The maximum atomic E-state index is 13.3. The molecule has 0 saturated carbocycles. The largest absolute Gasteiger partial charge is 0.416 e. The van der Waals surface area contributed by atoms with Crippen LogP contribution in [-0.4, -0.2) is 81.7 Å². The minimum Gasteiger partial charge on any atom is -0.369 e. The van der Waals surface area contributed by atoms with Gasteiger partial charge in [-0.05, 0) is 50.6 Å². The summed E-state index contributed by atoms with van der Waals surface area (Å²) >= 11 is 0. The van der Waals surface area contributed by atoms with E-state index in [-0.39, 0.29) is 0 Å². The molecule has 4 aromatic rings. The highest BCUT2D eigenvalue weighted by Crippen LogP contribution is 2.36. The number of likely N-dealkylation sites (N-methyl/N-ethyl adjacent to an activating group) is 1. The second-order valence-corrected chi connectivity index (χ2v) is 10.2. The average molecular weight is 510 g/mol. The number of rotatable bonds is 3. The SMILES string of the molecule is Cc1cc(-c2cnn3cc(N4CCC(N5CCN(C)CC5)CC4)cnc23)c2ccc(C(F)(F)F)cc2n1. The van der Waals surface area contributed by atoms with Gasteiger partial charge < -0.3 is 9.80 Å². The Kier molecular flexibility index (Phi) is 6.03. The Morgan fingerprint density at radius 1 is 0.919 bits per heavy atom. The van der Waals surface area contributed by atoms with Crippen molar-refractivity contribution in [3.63, 3.8) is 0 Å². The van der Waals surface area contributed by atoms with Crippen LogP contribution in [0.3, 0.4) is 0 Å². The van der Waals surface area contributed by atoms with Crippen molar-refractivity contribution in [1.29, 1.82) is 0 Å². The zero-order valence-electron chi connectivity index (χ0n) is 21.0. The van der Waals surface area contributed by atoms with Gasteiger partial charge in [0.15, 0.2) is 5.65 Å². The molecule has 1 aromatic carbocycles. The Hall–Kier alpha value is -3.24. The maximum absolute atomic E-state index is 13.3. The summed E-state index contributed by atoms with van der Waals surface area (Å²) in [5.74, 6) is 0. The summed E-state index contributed by atoms with van der Waals surface area (Å²) in [6.45, 7) is 8.31. The van der Waals surface area contributed by atoms with E-state index in [1.165, 1.54) is 6.07 Å². The number of halogens is 3. The van der Waals surface area contributed by atoms with Gasteiger partial charge in [0.2, 0.25) is 0 Å². The minimum atomic E-state index is -4.42. The van der Waals surface area contributed by atoms with E-state index in [1.54, 1.807) is 17.6 Å². The van der Waals surface area contributed by atoms with Gasteiger partial charge in [-0.3, -0.25) is 9.88 Å². The molecule has 0 aliphatic carbocycles. The normalized spacial score (nSPS) is 18.8. The first kappa shape index (κ1) is 24.1. The van der Waals surface area contributed by atoms with Crippen LogP contribution in [0.25, 0.3) is 27.7 Å². The fourth-order valence-electron chi connectivity index (χ4n) is 5.65. The number of hydrogen-bond donors (Lipinski definition) is 0. The van der Waals surface area contributed by atoms with Gasteiger partial charge in [0, 0.05) is 62.0 Å². The zero-order valence-corrected chi connectivity index (χ0v) is 21.0. The monoisotopic (exact) mass is 509 g/mol. The highest BCUT2D eigenvalue weighted by atomic mass is 19.4. The van der Waals surface area contributed by atoms with Crippen LogP contribution in [-0.2, 0) is 6.18 Å². The molecular formula is C27H30F3N7. The topological polar surface area (TPSA) is 52.8 Å². The standard InChI is InChI=1S/C27H30F3N7/c1-18-13-23(22-4-3-19(27(28,29)30)14-25(22)33-18)24-16-32-37-17-21(15-31-26(24)37)35-7-5-20(6-8-35)36-11-9-34(2)10-12-36/h3-4,13-17,20H,5-12H2,1-2H3. The summed E-state index contributed by atoms with van der Waals surface area (Å²) in [6, 6.07) is 6.22. The third-order valence-corrected chi connectivity index (χ3v) is 7.78. The molecule has 0 unspecified atom stereocenters. The number of pyridine rings is 1. The highest BCUT2D eigenvalue weighted by Gasteiger charge is 2.31. The Bertz CT molecular complexity index is 1430. The van der Waals surface area contributed by atoms with E-state index in [1.807, 2.05) is 18.5 Å². The Morgan fingerprint density at radius 3 is 2.41 bits per heavy atom. The first-order chi connectivity index (χ1) is 17.8. The Morgan fingerprint density at radius 2 is 1.68 bits per heavy atom. The van der Waals surface area contributed by atoms with Crippen molar-refractivity contribution in [2.75, 3.05) is 51.2 Å². The fraction of sp³-hybridized carbons (Fsp3) is 0.444. The van der Waals surface area contributed by atoms with Gasteiger partial charge >= 0.3 is 6.18 Å². The predicted molar refractivity (Wildman–Crippen MR) is 138 cm³/mol. The molecule has 3 aromatic heterocycles. The minimum absolute atomic E-state index is 0.309. The quantitative estimate of drug-likeness (QED) is 0.406. The van der Waals surface area contributed by atoms with E-state index >= 15 is 0 Å². The molecule has 5 heterocycles. The molecule has 2 aliphatic rings. The number of alkyl halides is 3. The van der Waals surface area contributed by atoms with Crippen molar-refractivity contribution >= 4 is 22.2 Å². The molecule has 194 valence electrons. The van der Waals surface area contributed by atoms with Crippen molar-refractivity contribution in [3.8, 4) is 11.1 Å². The fourth-order valence-corrected chi connectivity index (χ4v) is 5.65. The van der Waals surface area contributed by atoms with Gasteiger partial charge in [-0.15, -0.1) is 0 Å². The first-order valence-corrected chi connectivity index (χ1v) is 12.8. The lowest BCUT2D eigenvalue weighted by molar-refractivity contribution is -0.137. The molecule has 10 heteroatoms. The predicted octanol–water partition coefficient (Wildman–Crippen LogP) is 4.49. The van der Waals surface area contributed by atoms with Crippen LogP contribution in [0.4, 0.5) is 18.9 Å². The Balaban J connectivity index is 1.25. The smallest absolute Gasteiger partial charge is 0.369 e. The van der Waals surface area contributed by atoms with Crippen LogP contribution in [0, 0.1) is 6.92 Å². The molecular weight excluding hydrogens is 479 g/mol. The molecule has 0 bridgehead atoms. The van der Waals surface area contributed by atoms with Crippen molar-refractivity contribution in [1.82, 2.24) is 29.4 Å². The lowest BCUT2D eigenvalue weighted by atomic mass is 10.0. The van der Waals surface area contributed by atoms with E-state index in [9.17, 15) is 13.2 Å². The van der Waals surface area contributed by atoms with Gasteiger partial charge in [0.05, 0.1) is 35.4 Å². The van der Waals surface area contributed by atoms with Crippen LogP contribution < -0.4 is 4.90 Å². The molecule has 37 heavy (non-hydrogen) atoms. The molecule has 0 atom stereocenters. The van der Waals surface area contributed by atoms with Crippen molar-refractivity contribution in [2.45, 2.75) is 32.0 Å². The van der Waals surface area contributed by atoms with Crippen molar-refractivity contribution < 1.29 is 13.2 Å². The lowest BCUT2D eigenvalue weighted by Crippen LogP contribution is -2.52. The summed E-state index contributed by atoms with van der Waals surface area (Å²) < 4.78 is 41.5. The number of piperidine rings is 1. The summed E-state index contributed by atoms with van der Waals surface area (Å²) in [5.41, 5.74) is 3.50. The molecule has 2 aliphatic heterocycles. The van der Waals surface area contributed by atoms with E-state index in [0.29, 0.717) is 28.3 Å². The van der Waals surface area contributed by atoms with Gasteiger partial charge in [-0.1, -0.05) is 6.07 Å². The molecule has 0 radical (unpaired) electrons. The number of hydrogen-bond acceptors (Lipinski definition) is 6. The molecule has 0 amide bonds. The zero-order chi connectivity index (χ0) is 25.7. The summed E-state index contributed by atoms with van der Waals surface area (Å²) in [6.07, 6.45) is 3.47. The molecule has 6 rings (SSSR count). The summed E-state index contributed by atoms with van der Waals surface area (Å²) in [5, 5.41) is 5.20. The summed E-state index contributed by atoms with van der Waals surface area (Å²) in [7, 11) is 2.19. The summed E-state index contributed by atoms with van der Waals surface area (Å²) in [4.78, 5) is 16.5. The third-order valence-electron chi connectivity index (χ3n) is 7.78. The van der Waals surface area contributed by atoms with Crippen LogP contribution in [0.5, 0.6) is 0 Å². The van der Waals surface area contributed by atoms with Gasteiger partial charge in [-0.2, -0.15) is 18.3 Å². The maximum Gasteiger partial charge on any atom is 0.416 e. The van der Waals surface area contributed by atoms with Crippen molar-refractivity contribution in [2.24, 2.45) is 0 Å². The van der Waals surface area contributed by atoms with Crippen LogP contribution >= 0.6 is 0 Å². The first-order valence-electron chi connectivity index (χ1n) is 12.8. The molecule has 0 N–H and O–H groups in total. The molecule has 0 spiro atoms. The van der Waals surface area contributed by atoms with E-state index in [0.717, 1.165) is 81.1 Å². The molecule has 2 saturated heterocycles. The number of nitrogens with zero attached hydrogens (tertiary/aromatic N) is 7. The number of benzene rings is 1. The number of fused-ring (bicyclic) bond motifs is 2. The number of aromatic nitrogens is 4. The Labute approximate surface area is 213 Å². The van der Waals surface area contributed by atoms with Crippen molar-refractivity contribution in [3.05, 3.63) is 54.1 Å². The molecule has 2 fully saturated rings. The second-order valence-electron chi connectivity index (χ2n) is 10.2. The second kappa shape index (κ2) is 9.25. The number of piperazine rings is 1. The van der Waals surface area contributed by atoms with Crippen LogP contribution in [0.1, 0.15) is 24.1 Å². The highest BCUT2D eigenvalue weighted by molar-refractivity contribution is 5.98.